The van der Waals surface area contributed by atoms with Crippen LogP contribution in [-0.2, 0) is 4.74 Å². The molecule has 2 rings (SSSR count). The monoisotopic (exact) mass is 357 g/mol. The van der Waals surface area contributed by atoms with E-state index in [0.717, 1.165) is 25.3 Å². The Labute approximate surface area is 148 Å². The van der Waals surface area contributed by atoms with E-state index in [1.54, 1.807) is 31.2 Å². The molecule has 26 heavy (non-hydrogen) atoms. The van der Waals surface area contributed by atoms with Crippen LogP contribution in [0.3, 0.4) is 0 Å². The molecule has 0 radical (unpaired) electrons. The van der Waals surface area contributed by atoms with Gasteiger partial charge < -0.3 is 4.74 Å². The van der Waals surface area contributed by atoms with E-state index in [1.165, 1.54) is 0 Å². The lowest BCUT2D eigenvalue weighted by Gasteiger charge is -2.09. The van der Waals surface area contributed by atoms with Gasteiger partial charge in [-0.25, -0.2) is 4.79 Å². The smallest absolute Gasteiger partial charge is 0.338 e. The van der Waals surface area contributed by atoms with Crippen molar-refractivity contribution < 1.29 is 24.0 Å². The van der Waals surface area contributed by atoms with Gasteiger partial charge in [-0.1, -0.05) is 18.2 Å². The molecule has 134 valence electrons. The van der Waals surface area contributed by atoms with Crippen LogP contribution in [-0.4, -0.2) is 29.8 Å². The summed E-state index contributed by atoms with van der Waals surface area (Å²) in [4.78, 5) is 46.1. The van der Waals surface area contributed by atoms with Crippen molar-refractivity contribution in [1.29, 1.82) is 0 Å². The first-order valence-corrected chi connectivity index (χ1v) is 7.37. The van der Waals surface area contributed by atoms with Crippen LogP contribution >= 0.6 is 0 Å². The zero-order valence-corrected chi connectivity index (χ0v) is 13.9. The number of methoxy groups -OCH3 is 1. The summed E-state index contributed by atoms with van der Waals surface area (Å²) in [5, 5.41) is 11.0. The molecule has 0 saturated heterocycles. The van der Waals surface area contributed by atoms with Crippen molar-refractivity contribution >= 4 is 23.5 Å². The number of non-ortho nitro benzene ring substituents is 1. The van der Waals surface area contributed by atoms with Gasteiger partial charge in [0.1, 0.15) is 0 Å². The molecule has 0 aliphatic heterocycles. The largest absolute Gasteiger partial charge is 0.465 e. The molecule has 0 saturated carbocycles. The summed E-state index contributed by atoms with van der Waals surface area (Å²) < 4.78 is 4.51. The van der Waals surface area contributed by atoms with E-state index in [2.05, 4.69) is 15.6 Å². The van der Waals surface area contributed by atoms with Crippen LogP contribution < -0.4 is 10.9 Å². The van der Waals surface area contributed by atoms with Crippen LogP contribution in [0.4, 0.5) is 5.69 Å². The van der Waals surface area contributed by atoms with Crippen molar-refractivity contribution in [2.45, 2.75) is 6.92 Å². The van der Waals surface area contributed by atoms with E-state index < -0.39 is 28.4 Å². The number of esters is 1. The second-order valence-corrected chi connectivity index (χ2v) is 5.24. The number of aryl methyl sites for hydroxylation is 1. The number of hydrazine groups is 1. The van der Waals surface area contributed by atoms with Crippen molar-refractivity contribution in [2.75, 3.05) is 7.11 Å². The number of carbonyl (C=O) groups excluding carboxylic acids is 3. The van der Waals surface area contributed by atoms with E-state index in [0.29, 0.717) is 11.1 Å². The average Bonchev–Trinajstić information content (AvgIpc) is 2.65. The van der Waals surface area contributed by atoms with Gasteiger partial charge in [-0.15, -0.1) is 0 Å². The molecule has 0 fully saturated rings. The number of nitrogens with one attached hydrogen (secondary N) is 2. The fraction of sp³-hybridized carbons (Fsp3) is 0.118. The van der Waals surface area contributed by atoms with Gasteiger partial charge >= 0.3 is 5.97 Å². The minimum Gasteiger partial charge on any atom is -0.465 e. The lowest BCUT2D eigenvalue weighted by Crippen LogP contribution is -2.41. The molecule has 9 heteroatoms. The average molecular weight is 357 g/mol. The molecule has 0 atom stereocenters. The van der Waals surface area contributed by atoms with Gasteiger partial charge in [-0.05, 0) is 24.6 Å². The summed E-state index contributed by atoms with van der Waals surface area (Å²) >= 11 is 0. The highest BCUT2D eigenvalue weighted by atomic mass is 16.6. The molecule has 0 spiro atoms. The Kier molecular flexibility index (Phi) is 5.63. The van der Waals surface area contributed by atoms with Gasteiger partial charge in [0.05, 0.1) is 17.6 Å². The number of amides is 2. The summed E-state index contributed by atoms with van der Waals surface area (Å²) in [6.45, 7) is 1.74. The number of rotatable bonds is 4. The fourth-order valence-corrected chi connectivity index (χ4v) is 2.16. The molecular formula is C17H15N3O6. The fourth-order valence-electron chi connectivity index (χ4n) is 2.16. The topological polar surface area (TPSA) is 128 Å². The lowest BCUT2D eigenvalue weighted by atomic mass is 10.1. The Morgan fingerprint density at radius 3 is 2.23 bits per heavy atom. The Morgan fingerprint density at radius 2 is 1.62 bits per heavy atom. The normalized spacial score (nSPS) is 9.92. The SMILES string of the molecule is COC(=O)c1cc(C(=O)NNC(=O)c2ccccc2C)cc([N+](=O)[O-])c1. The van der Waals surface area contributed by atoms with Gasteiger partial charge in [0.2, 0.25) is 0 Å². The number of hydrogen-bond acceptors (Lipinski definition) is 6. The first-order chi connectivity index (χ1) is 12.3. The number of nitro benzene ring substituents is 1. The minimum atomic E-state index is -0.827. The summed E-state index contributed by atoms with van der Waals surface area (Å²) in [6.07, 6.45) is 0. The standard InChI is InChI=1S/C17H15N3O6/c1-10-5-3-4-6-14(10)16(22)19-18-15(21)11-7-12(17(23)26-2)9-13(8-11)20(24)25/h3-9H,1-2H3,(H,18,21)(H,19,22). The quantitative estimate of drug-likeness (QED) is 0.487. The number of nitro groups is 1. The molecular weight excluding hydrogens is 342 g/mol. The Morgan fingerprint density at radius 1 is 1.00 bits per heavy atom. The van der Waals surface area contributed by atoms with Crippen molar-refractivity contribution in [3.05, 3.63) is 74.8 Å². The van der Waals surface area contributed by atoms with Gasteiger partial charge in [-0.3, -0.25) is 30.6 Å². The molecule has 2 N–H and O–H groups in total. The molecule has 2 amide bonds. The number of carbonyl (C=O) groups is 3. The Balaban J connectivity index is 2.20. The number of hydrogen-bond donors (Lipinski definition) is 2. The van der Waals surface area contributed by atoms with Gasteiger partial charge in [0.25, 0.3) is 17.5 Å². The van der Waals surface area contributed by atoms with Crippen molar-refractivity contribution in [1.82, 2.24) is 10.9 Å². The first kappa shape index (κ1) is 18.6. The maximum atomic E-state index is 12.2. The van der Waals surface area contributed by atoms with E-state index in [-0.39, 0.29) is 11.1 Å². The molecule has 2 aromatic carbocycles. The predicted molar refractivity (Wildman–Crippen MR) is 90.5 cm³/mol. The molecule has 0 bridgehead atoms. The highest BCUT2D eigenvalue weighted by Crippen LogP contribution is 2.18. The van der Waals surface area contributed by atoms with Crippen molar-refractivity contribution in [2.24, 2.45) is 0 Å². The third-order valence-corrected chi connectivity index (χ3v) is 3.49. The van der Waals surface area contributed by atoms with Crippen LogP contribution in [0.1, 0.15) is 36.6 Å². The third kappa shape index (κ3) is 4.20. The van der Waals surface area contributed by atoms with E-state index in [1.807, 2.05) is 0 Å². The van der Waals surface area contributed by atoms with Gasteiger partial charge in [-0.2, -0.15) is 0 Å². The van der Waals surface area contributed by atoms with E-state index in [4.69, 9.17) is 0 Å². The first-order valence-electron chi connectivity index (χ1n) is 7.37. The van der Waals surface area contributed by atoms with Gasteiger partial charge in [0, 0.05) is 23.3 Å². The predicted octanol–water partition coefficient (Wildman–Crippen LogP) is 1.76. The van der Waals surface area contributed by atoms with Crippen molar-refractivity contribution in [3.63, 3.8) is 0 Å². The minimum absolute atomic E-state index is 0.155. The van der Waals surface area contributed by atoms with Crippen LogP contribution in [0, 0.1) is 17.0 Å². The Bertz CT molecular complexity index is 894. The molecule has 0 aliphatic rings. The van der Waals surface area contributed by atoms with Crippen LogP contribution in [0.5, 0.6) is 0 Å². The maximum absolute atomic E-state index is 12.2. The van der Waals surface area contributed by atoms with Crippen LogP contribution in [0.25, 0.3) is 0 Å². The van der Waals surface area contributed by atoms with E-state index >= 15 is 0 Å². The van der Waals surface area contributed by atoms with Crippen LogP contribution in [0.2, 0.25) is 0 Å². The zero-order valence-electron chi connectivity index (χ0n) is 13.9. The van der Waals surface area contributed by atoms with E-state index in [9.17, 15) is 24.5 Å². The van der Waals surface area contributed by atoms with Crippen LogP contribution in [0.15, 0.2) is 42.5 Å². The number of benzene rings is 2. The maximum Gasteiger partial charge on any atom is 0.338 e. The van der Waals surface area contributed by atoms with Gasteiger partial charge in [0.15, 0.2) is 0 Å². The van der Waals surface area contributed by atoms with Crippen molar-refractivity contribution in [3.8, 4) is 0 Å². The second-order valence-electron chi connectivity index (χ2n) is 5.24. The molecule has 9 nitrogen and oxygen atoms in total. The third-order valence-electron chi connectivity index (χ3n) is 3.49. The zero-order chi connectivity index (χ0) is 19.3. The summed E-state index contributed by atoms with van der Waals surface area (Å²) in [5.74, 6) is -2.19. The second kappa shape index (κ2) is 7.88. The summed E-state index contributed by atoms with van der Waals surface area (Å²) in [7, 11) is 1.11. The molecule has 0 heterocycles. The lowest BCUT2D eigenvalue weighted by molar-refractivity contribution is -0.384. The highest BCUT2D eigenvalue weighted by Gasteiger charge is 2.19. The molecule has 0 aliphatic carbocycles. The molecule has 0 aromatic heterocycles. The summed E-state index contributed by atoms with van der Waals surface area (Å²) in [6, 6.07) is 9.87. The molecule has 0 unspecified atom stereocenters. The highest BCUT2D eigenvalue weighted by molar-refractivity contribution is 6.01. The summed E-state index contributed by atoms with van der Waals surface area (Å²) in [5.41, 5.74) is 4.67. The number of ether oxygens (including phenoxy) is 1. The molecule has 2 aromatic rings. The number of nitrogens with zero attached hydrogens (tertiary/aromatic N) is 1. The Hall–Kier alpha value is -3.75.